The van der Waals surface area contributed by atoms with Gasteiger partial charge in [-0.2, -0.15) is 0 Å². The van der Waals surface area contributed by atoms with E-state index in [0.29, 0.717) is 16.9 Å². The fourth-order valence-corrected chi connectivity index (χ4v) is 4.07. The van der Waals surface area contributed by atoms with Gasteiger partial charge in [-0.1, -0.05) is 31.0 Å². The number of fused-ring (bicyclic) bond motifs is 1. The molecular formula is C21H21N3O3. The van der Waals surface area contributed by atoms with E-state index in [0.717, 1.165) is 25.7 Å². The lowest BCUT2D eigenvalue weighted by Crippen LogP contribution is -2.41. The van der Waals surface area contributed by atoms with Crippen LogP contribution >= 0.6 is 0 Å². The normalized spacial score (nSPS) is 21.9. The lowest BCUT2D eigenvalue weighted by Gasteiger charge is -2.32. The Labute approximate surface area is 157 Å². The highest BCUT2D eigenvalue weighted by Gasteiger charge is 2.40. The first kappa shape index (κ1) is 17.4. The van der Waals surface area contributed by atoms with Gasteiger partial charge in [0.15, 0.2) is 0 Å². The van der Waals surface area contributed by atoms with Crippen LogP contribution in [0.4, 0.5) is 5.82 Å². The topological polar surface area (TPSA) is 79.4 Å². The Morgan fingerprint density at radius 2 is 1.67 bits per heavy atom. The quantitative estimate of drug-likeness (QED) is 0.847. The molecule has 1 aliphatic carbocycles. The molecule has 2 aliphatic rings. The molecule has 6 heteroatoms. The molecule has 2 atom stereocenters. The molecule has 6 nitrogen and oxygen atoms in total. The summed E-state index contributed by atoms with van der Waals surface area (Å²) in [5.41, 5.74) is 0.903. The number of amides is 3. The van der Waals surface area contributed by atoms with E-state index < -0.39 is 0 Å². The van der Waals surface area contributed by atoms with Crippen LogP contribution in [0.2, 0.25) is 0 Å². The maximum absolute atomic E-state index is 12.8. The number of nitrogens with zero attached hydrogens (tertiary/aromatic N) is 2. The van der Waals surface area contributed by atoms with Crippen molar-refractivity contribution in [1.82, 2.24) is 9.88 Å². The molecule has 1 aromatic heterocycles. The number of benzene rings is 1. The van der Waals surface area contributed by atoms with Gasteiger partial charge in [0, 0.05) is 18.7 Å². The van der Waals surface area contributed by atoms with Crippen molar-refractivity contribution >= 4 is 23.5 Å². The maximum atomic E-state index is 12.8. The lowest BCUT2D eigenvalue weighted by atomic mass is 9.78. The number of imide groups is 1. The number of rotatable bonds is 4. The van der Waals surface area contributed by atoms with Gasteiger partial charge in [0.1, 0.15) is 5.82 Å². The number of carbonyl (C=O) groups excluding carboxylic acids is 3. The Morgan fingerprint density at radius 1 is 1.00 bits per heavy atom. The van der Waals surface area contributed by atoms with Crippen LogP contribution in [-0.2, 0) is 4.79 Å². The molecule has 1 aromatic carbocycles. The summed E-state index contributed by atoms with van der Waals surface area (Å²) in [5.74, 6) is -0.354. The molecule has 2 unspecified atom stereocenters. The number of hydrogen-bond donors (Lipinski definition) is 1. The van der Waals surface area contributed by atoms with E-state index in [9.17, 15) is 14.4 Å². The second-order valence-corrected chi connectivity index (χ2v) is 7.12. The first-order valence-electron chi connectivity index (χ1n) is 9.32. The monoisotopic (exact) mass is 363 g/mol. The van der Waals surface area contributed by atoms with Crippen LogP contribution in [0.3, 0.4) is 0 Å². The van der Waals surface area contributed by atoms with Crippen LogP contribution in [0.15, 0.2) is 48.7 Å². The Hall–Kier alpha value is -3.02. The van der Waals surface area contributed by atoms with Crippen LogP contribution in [0, 0.1) is 11.8 Å². The van der Waals surface area contributed by atoms with Gasteiger partial charge in [0.25, 0.3) is 11.8 Å². The van der Waals surface area contributed by atoms with Crippen molar-refractivity contribution in [2.75, 3.05) is 11.9 Å². The van der Waals surface area contributed by atoms with Gasteiger partial charge in [-0.15, -0.1) is 0 Å². The van der Waals surface area contributed by atoms with Crippen LogP contribution < -0.4 is 5.32 Å². The Balaban J connectivity index is 1.49. The molecule has 1 saturated carbocycles. The largest absolute Gasteiger partial charge is 0.310 e. The summed E-state index contributed by atoms with van der Waals surface area (Å²) in [6.07, 6.45) is 5.19. The molecule has 1 fully saturated rings. The SMILES string of the molecule is O=C(Nc1ccccn1)C1CCCCC1CN1C(=O)c2ccccc2C1=O. The van der Waals surface area contributed by atoms with E-state index in [-0.39, 0.29) is 36.1 Å². The summed E-state index contributed by atoms with van der Waals surface area (Å²) in [6.45, 7) is 0.284. The minimum atomic E-state index is -0.259. The molecule has 0 saturated heterocycles. The van der Waals surface area contributed by atoms with Crippen molar-refractivity contribution in [2.45, 2.75) is 25.7 Å². The van der Waals surface area contributed by atoms with E-state index in [1.807, 2.05) is 6.07 Å². The molecule has 27 heavy (non-hydrogen) atoms. The summed E-state index contributed by atoms with van der Waals surface area (Å²) in [5, 5.41) is 2.87. The molecule has 4 rings (SSSR count). The Kier molecular flexibility index (Phi) is 4.71. The first-order chi connectivity index (χ1) is 13.1. The van der Waals surface area contributed by atoms with Gasteiger partial charge in [0.2, 0.25) is 5.91 Å². The smallest absolute Gasteiger partial charge is 0.261 e. The highest BCUT2D eigenvalue weighted by atomic mass is 16.2. The number of hydrogen-bond acceptors (Lipinski definition) is 4. The number of aromatic nitrogens is 1. The second-order valence-electron chi connectivity index (χ2n) is 7.12. The van der Waals surface area contributed by atoms with Crippen LogP contribution in [0.1, 0.15) is 46.4 Å². The zero-order chi connectivity index (χ0) is 18.8. The van der Waals surface area contributed by atoms with Crippen molar-refractivity contribution in [1.29, 1.82) is 0 Å². The minimum absolute atomic E-state index is 0.0373. The highest BCUT2D eigenvalue weighted by Crippen LogP contribution is 2.33. The maximum Gasteiger partial charge on any atom is 0.261 e. The molecule has 1 aliphatic heterocycles. The van der Waals surface area contributed by atoms with Crippen LogP contribution in [-0.4, -0.2) is 34.2 Å². The third kappa shape index (κ3) is 3.35. The van der Waals surface area contributed by atoms with Gasteiger partial charge in [-0.25, -0.2) is 4.98 Å². The molecule has 0 bridgehead atoms. The fourth-order valence-electron chi connectivity index (χ4n) is 4.07. The van der Waals surface area contributed by atoms with Gasteiger partial charge >= 0.3 is 0 Å². The first-order valence-corrected chi connectivity index (χ1v) is 9.32. The molecule has 2 heterocycles. The van der Waals surface area contributed by atoms with Crippen molar-refractivity contribution in [3.05, 3.63) is 59.8 Å². The average molecular weight is 363 g/mol. The molecule has 138 valence electrons. The number of carbonyl (C=O) groups is 3. The van der Waals surface area contributed by atoms with Gasteiger partial charge in [0.05, 0.1) is 11.1 Å². The van der Waals surface area contributed by atoms with Crippen molar-refractivity contribution in [3.63, 3.8) is 0 Å². The van der Waals surface area contributed by atoms with Gasteiger partial charge < -0.3 is 5.32 Å². The number of nitrogens with one attached hydrogen (secondary N) is 1. The summed E-state index contributed by atoms with van der Waals surface area (Å²) < 4.78 is 0. The van der Waals surface area contributed by atoms with Gasteiger partial charge in [-0.05, 0) is 43.0 Å². The van der Waals surface area contributed by atoms with Crippen LogP contribution in [0.25, 0.3) is 0 Å². The van der Waals surface area contributed by atoms with Crippen molar-refractivity contribution in [2.24, 2.45) is 11.8 Å². The summed E-state index contributed by atoms with van der Waals surface area (Å²) >= 11 is 0. The summed E-state index contributed by atoms with van der Waals surface area (Å²) in [7, 11) is 0. The standard InChI is InChI=1S/C21H21N3O3/c25-19(23-18-11-5-6-12-22-18)15-8-2-1-7-14(15)13-24-20(26)16-9-3-4-10-17(16)21(24)27/h3-6,9-12,14-15H,1-2,7-8,13H2,(H,22,23,25). The predicted molar refractivity (Wildman–Crippen MR) is 100 cm³/mol. The molecule has 0 radical (unpaired) electrons. The molecular weight excluding hydrogens is 342 g/mol. The third-order valence-corrected chi connectivity index (χ3v) is 5.46. The van der Waals surface area contributed by atoms with E-state index in [2.05, 4.69) is 10.3 Å². The molecule has 1 N–H and O–H groups in total. The number of anilines is 1. The Morgan fingerprint density at radius 3 is 2.33 bits per heavy atom. The van der Waals surface area contributed by atoms with E-state index in [4.69, 9.17) is 0 Å². The lowest BCUT2D eigenvalue weighted by molar-refractivity contribution is -0.122. The summed E-state index contributed by atoms with van der Waals surface area (Å²) in [4.78, 5) is 43.5. The molecule has 2 aromatic rings. The zero-order valence-corrected chi connectivity index (χ0v) is 14.9. The number of pyridine rings is 1. The van der Waals surface area contributed by atoms with E-state index in [1.165, 1.54) is 4.90 Å². The average Bonchev–Trinajstić information content (AvgIpc) is 2.94. The highest BCUT2D eigenvalue weighted by molar-refractivity contribution is 6.21. The van der Waals surface area contributed by atoms with Crippen LogP contribution in [0.5, 0.6) is 0 Å². The van der Waals surface area contributed by atoms with Crippen molar-refractivity contribution in [3.8, 4) is 0 Å². The minimum Gasteiger partial charge on any atom is -0.310 e. The predicted octanol–water partition coefficient (Wildman–Crippen LogP) is 3.12. The summed E-state index contributed by atoms with van der Waals surface area (Å²) in [6, 6.07) is 12.2. The Bertz CT molecular complexity index is 846. The fraction of sp³-hybridized carbons (Fsp3) is 0.333. The molecule has 3 amide bonds. The molecule has 0 spiro atoms. The van der Waals surface area contributed by atoms with E-state index >= 15 is 0 Å². The zero-order valence-electron chi connectivity index (χ0n) is 14.9. The third-order valence-electron chi connectivity index (χ3n) is 5.46. The van der Waals surface area contributed by atoms with E-state index in [1.54, 1.807) is 42.6 Å². The van der Waals surface area contributed by atoms with Gasteiger partial charge in [-0.3, -0.25) is 19.3 Å². The second kappa shape index (κ2) is 7.31. The van der Waals surface area contributed by atoms with Crippen molar-refractivity contribution < 1.29 is 14.4 Å².